The molecule has 66 valence electrons. The smallest absolute Gasteiger partial charge is 0.140 e. The molecule has 6 fully saturated rings. The van der Waals surface area contributed by atoms with Crippen LogP contribution in [-0.4, -0.2) is 11.6 Å². The number of Topliss-reactive ketones (excluding diaryl/α,β-unsaturated/α-hetero) is 2. The normalized spacial score (nSPS) is 74.2. The van der Waals surface area contributed by atoms with Crippen molar-refractivity contribution < 1.29 is 9.59 Å². The molecule has 2 heteroatoms. The van der Waals surface area contributed by atoms with Gasteiger partial charge in [-0.15, -0.1) is 0 Å². The molecule has 2 nitrogen and oxygen atoms in total. The van der Waals surface area contributed by atoms with Gasteiger partial charge in [-0.3, -0.25) is 9.59 Å². The van der Waals surface area contributed by atoms with Crippen molar-refractivity contribution in [3.05, 3.63) is 0 Å². The van der Waals surface area contributed by atoms with Crippen LogP contribution >= 0.6 is 0 Å². The minimum Gasteiger partial charge on any atom is -0.299 e. The van der Waals surface area contributed by atoms with Crippen LogP contribution in [0.5, 0.6) is 0 Å². The number of fused-ring (bicyclic) bond motifs is 1. The Balaban J connectivity index is 1.84. The van der Waals surface area contributed by atoms with Crippen molar-refractivity contribution in [2.75, 3.05) is 0 Å². The highest BCUT2D eigenvalue weighted by atomic mass is 16.1. The monoisotopic (exact) mass is 174 g/mol. The Labute approximate surface area is 75.7 Å². The van der Waals surface area contributed by atoms with Gasteiger partial charge >= 0.3 is 0 Å². The van der Waals surface area contributed by atoms with E-state index in [1.165, 1.54) is 0 Å². The van der Waals surface area contributed by atoms with Crippen LogP contribution in [0.1, 0.15) is 6.42 Å². The zero-order chi connectivity index (χ0) is 8.48. The second kappa shape index (κ2) is 1.32. The highest BCUT2D eigenvalue weighted by molar-refractivity contribution is 6.01. The number of carbonyl (C=O) groups excluding carboxylic acids is 2. The van der Waals surface area contributed by atoms with E-state index in [2.05, 4.69) is 0 Å². The Bertz CT molecular complexity index is 386. The van der Waals surface area contributed by atoms with E-state index in [1.807, 2.05) is 0 Å². The molecule has 0 amide bonds. The fourth-order valence-corrected chi connectivity index (χ4v) is 5.78. The van der Waals surface area contributed by atoms with Crippen molar-refractivity contribution in [2.24, 2.45) is 47.3 Å². The highest BCUT2D eigenvalue weighted by Gasteiger charge is 2.86. The summed E-state index contributed by atoms with van der Waals surface area (Å²) in [6, 6.07) is 0. The van der Waals surface area contributed by atoms with Gasteiger partial charge in [0.1, 0.15) is 11.6 Å². The summed E-state index contributed by atoms with van der Waals surface area (Å²) in [4.78, 5) is 23.5. The Morgan fingerprint density at radius 3 is 2.38 bits per heavy atom. The molecule has 0 aromatic carbocycles. The third-order valence-electron chi connectivity index (χ3n) is 5.83. The fraction of sp³-hybridized carbons (Fsp3) is 0.818. The van der Waals surface area contributed by atoms with E-state index < -0.39 is 0 Å². The van der Waals surface area contributed by atoms with E-state index in [9.17, 15) is 9.59 Å². The lowest BCUT2D eigenvalue weighted by Crippen LogP contribution is -2.72. The predicted octanol–water partition coefficient (Wildman–Crippen LogP) is 0.512. The van der Waals surface area contributed by atoms with E-state index in [-0.39, 0.29) is 11.8 Å². The molecule has 0 aliphatic heterocycles. The molecule has 0 saturated heterocycles. The topological polar surface area (TPSA) is 34.1 Å². The molecule has 13 heavy (non-hydrogen) atoms. The zero-order valence-corrected chi connectivity index (χ0v) is 7.14. The maximum absolute atomic E-state index is 11.8. The second-order valence-corrected chi connectivity index (χ2v) is 5.62. The summed E-state index contributed by atoms with van der Waals surface area (Å²) >= 11 is 0. The summed E-state index contributed by atoms with van der Waals surface area (Å²) in [6.07, 6.45) is 0.823. The van der Waals surface area contributed by atoms with Crippen LogP contribution in [0.15, 0.2) is 0 Å². The van der Waals surface area contributed by atoms with Crippen LogP contribution in [0.2, 0.25) is 0 Å². The van der Waals surface area contributed by atoms with Crippen LogP contribution in [0.25, 0.3) is 0 Å². The molecular formula is C11H10O2. The Morgan fingerprint density at radius 2 is 1.69 bits per heavy atom. The molecule has 0 aromatic heterocycles. The predicted molar refractivity (Wildman–Crippen MR) is 42.6 cm³/mol. The van der Waals surface area contributed by atoms with Crippen molar-refractivity contribution in [2.45, 2.75) is 6.42 Å². The van der Waals surface area contributed by atoms with Gasteiger partial charge < -0.3 is 0 Å². The van der Waals surface area contributed by atoms with Gasteiger partial charge in [-0.05, 0) is 29.6 Å². The van der Waals surface area contributed by atoms with Crippen LogP contribution < -0.4 is 0 Å². The molecule has 0 radical (unpaired) electrons. The van der Waals surface area contributed by atoms with Gasteiger partial charge in [0.25, 0.3) is 0 Å². The van der Waals surface area contributed by atoms with Crippen molar-refractivity contribution in [3.8, 4) is 0 Å². The summed E-state index contributed by atoms with van der Waals surface area (Å²) in [6.45, 7) is 0. The van der Waals surface area contributed by atoms with E-state index >= 15 is 0 Å². The van der Waals surface area contributed by atoms with E-state index in [4.69, 9.17) is 0 Å². The summed E-state index contributed by atoms with van der Waals surface area (Å²) in [5.41, 5.74) is 0. The minimum absolute atomic E-state index is 0.211. The molecule has 6 aliphatic rings. The molecule has 8 atom stereocenters. The van der Waals surface area contributed by atoms with E-state index in [0.717, 1.165) is 18.3 Å². The lowest BCUT2D eigenvalue weighted by molar-refractivity contribution is -0.255. The molecule has 0 N–H and O–H groups in total. The zero-order valence-electron chi connectivity index (χ0n) is 7.14. The summed E-state index contributed by atoms with van der Waals surface area (Å²) in [5, 5.41) is 0. The number of carbonyl (C=O) groups is 2. The Morgan fingerprint density at radius 1 is 0.846 bits per heavy atom. The lowest BCUT2D eigenvalue weighted by Gasteiger charge is -2.72. The molecular weight excluding hydrogens is 164 g/mol. The average Bonchev–Trinajstić information content (AvgIpc) is 2.41. The van der Waals surface area contributed by atoms with Crippen molar-refractivity contribution in [1.82, 2.24) is 0 Å². The first kappa shape index (κ1) is 5.94. The maximum Gasteiger partial charge on any atom is 0.140 e. The lowest BCUT2D eigenvalue weighted by atomic mass is 9.30. The van der Waals surface area contributed by atoms with Gasteiger partial charge in [-0.25, -0.2) is 0 Å². The van der Waals surface area contributed by atoms with E-state index in [1.54, 1.807) is 0 Å². The SMILES string of the molecule is O=C1CC2C3C4C(=O)C5C(C14)C2C53. The van der Waals surface area contributed by atoms with Gasteiger partial charge in [0, 0.05) is 24.2 Å². The summed E-state index contributed by atoms with van der Waals surface area (Å²) in [7, 11) is 0. The number of rotatable bonds is 0. The second-order valence-electron chi connectivity index (χ2n) is 5.62. The minimum atomic E-state index is 0.211. The first-order valence-corrected chi connectivity index (χ1v) is 5.37. The van der Waals surface area contributed by atoms with Crippen LogP contribution in [0, 0.1) is 47.3 Å². The first-order chi connectivity index (χ1) is 6.30. The van der Waals surface area contributed by atoms with Crippen LogP contribution in [0.4, 0.5) is 0 Å². The van der Waals surface area contributed by atoms with E-state index in [0.29, 0.717) is 35.2 Å². The Hall–Kier alpha value is -0.660. The standard InChI is InChI=1S/C11H10O2/c12-3-1-2-4-7-5(2)9-6(3)8(4)10(7)11(9)13/h2,4-10H,1H2. The van der Waals surface area contributed by atoms with Gasteiger partial charge in [-0.1, -0.05) is 0 Å². The number of ketones is 2. The van der Waals surface area contributed by atoms with Gasteiger partial charge in [0.05, 0.1) is 0 Å². The molecule has 6 aliphatic carbocycles. The van der Waals surface area contributed by atoms with Gasteiger partial charge in [0.2, 0.25) is 0 Å². The van der Waals surface area contributed by atoms with Crippen molar-refractivity contribution in [3.63, 3.8) is 0 Å². The summed E-state index contributed by atoms with van der Waals surface area (Å²) in [5.74, 6) is 5.16. The number of hydrogen-bond acceptors (Lipinski definition) is 2. The summed E-state index contributed by atoms with van der Waals surface area (Å²) < 4.78 is 0. The largest absolute Gasteiger partial charge is 0.299 e. The average molecular weight is 174 g/mol. The van der Waals surface area contributed by atoms with Crippen LogP contribution in [-0.2, 0) is 9.59 Å². The molecule has 6 saturated carbocycles. The molecule has 0 aromatic rings. The molecule has 4 bridgehead atoms. The van der Waals surface area contributed by atoms with Crippen LogP contribution in [0.3, 0.4) is 0 Å². The van der Waals surface area contributed by atoms with Gasteiger partial charge in [0.15, 0.2) is 0 Å². The molecule has 0 heterocycles. The maximum atomic E-state index is 11.8. The van der Waals surface area contributed by atoms with Gasteiger partial charge in [-0.2, -0.15) is 0 Å². The number of hydrogen-bond donors (Lipinski definition) is 0. The molecule has 8 unspecified atom stereocenters. The first-order valence-electron chi connectivity index (χ1n) is 5.37. The third kappa shape index (κ3) is 0.323. The van der Waals surface area contributed by atoms with Crippen molar-refractivity contribution >= 4 is 11.6 Å². The fourth-order valence-electron chi connectivity index (χ4n) is 5.78. The third-order valence-corrected chi connectivity index (χ3v) is 5.83. The highest BCUT2D eigenvalue weighted by Crippen LogP contribution is 2.83. The molecule has 0 spiro atoms. The molecule has 6 rings (SSSR count). The Kier molecular flexibility index (Phi) is 0.602. The van der Waals surface area contributed by atoms with Crippen molar-refractivity contribution in [1.29, 1.82) is 0 Å². The quantitative estimate of drug-likeness (QED) is 0.536.